The highest BCUT2D eigenvalue weighted by Gasteiger charge is 2.20. The number of hydrogen-bond donors (Lipinski definition) is 1. The van der Waals surface area contributed by atoms with Gasteiger partial charge in [-0.1, -0.05) is 24.3 Å². The maximum Gasteiger partial charge on any atom is 0.257 e. The van der Waals surface area contributed by atoms with Gasteiger partial charge < -0.3 is 10.1 Å². The Hall–Kier alpha value is -2.84. The molecular formula is C21H23N3O2. The summed E-state index contributed by atoms with van der Waals surface area (Å²) < 4.78 is 5.46. The maximum absolute atomic E-state index is 12.0. The number of carbonyl (C=O) groups is 1. The van der Waals surface area contributed by atoms with Crippen LogP contribution in [-0.2, 0) is 17.8 Å². The first kappa shape index (κ1) is 18.0. The van der Waals surface area contributed by atoms with Crippen LogP contribution in [-0.4, -0.2) is 36.5 Å². The quantitative estimate of drug-likeness (QED) is 0.870. The molecule has 2 aromatic carbocycles. The molecule has 26 heavy (non-hydrogen) atoms. The molecule has 0 fully saturated rings. The van der Waals surface area contributed by atoms with E-state index in [2.05, 4.69) is 41.4 Å². The van der Waals surface area contributed by atoms with Gasteiger partial charge in [-0.3, -0.25) is 9.69 Å². The molecule has 1 amide bonds. The van der Waals surface area contributed by atoms with Crippen molar-refractivity contribution in [2.45, 2.75) is 25.9 Å². The summed E-state index contributed by atoms with van der Waals surface area (Å²) in [4.78, 5) is 14.4. The second kappa shape index (κ2) is 8.50. The topological polar surface area (TPSA) is 65.4 Å². The molecule has 1 N–H and O–H groups in total. The Balaban J connectivity index is 1.42. The Bertz CT molecular complexity index is 796. The molecule has 0 spiro atoms. The van der Waals surface area contributed by atoms with Crippen LogP contribution in [0.3, 0.4) is 0 Å². The fourth-order valence-corrected chi connectivity index (χ4v) is 3.11. The third-order valence-corrected chi connectivity index (χ3v) is 4.73. The lowest BCUT2D eigenvalue weighted by molar-refractivity contribution is -0.123. The lowest BCUT2D eigenvalue weighted by atomic mass is 9.99. The molecule has 0 bridgehead atoms. The van der Waals surface area contributed by atoms with E-state index in [-0.39, 0.29) is 18.6 Å². The number of nitriles is 1. The Morgan fingerprint density at radius 3 is 2.69 bits per heavy atom. The second-order valence-corrected chi connectivity index (χ2v) is 6.57. The zero-order valence-electron chi connectivity index (χ0n) is 14.9. The first-order valence-corrected chi connectivity index (χ1v) is 8.86. The zero-order chi connectivity index (χ0) is 18.4. The monoisotopic (exact) mass is 349 g/mol. The van der Waals surface area contributed by atoms with Crippen molar-refractivity contribution in [3.8, 4) is 11.8 Å². The van der Waals surface area contributed by atoms with E-state index in [1.54, 1.807) is 24.3 Å². The van der Waals surface area contributed by atoms with E-state index in [1.807, 2.05) is 6.07 Å². The summed E-state index contributed by atoms with van der Waals surface area (Å²) in [7, 11) is 0. The molecule has 5 heteroatoms. The Morgan fingerprint density at radius 1 is 1.23 bits per heavy atom. The Labute approximate surface area is 154 Å². The van der Waals surface area contributed by atoms with Crippen molar-refractivity contribution in [1.82, 2.24) is 10.2 Å². The standard InChI is InChI=1S/C21H23N3O2/c1-16(24-11-10-18-4-2-3-5-19(18)14-24)13-23-21(25)15-26-20-8-6-17(12-22)7-9-20/h2-9,16H,10-11,13-15H2,1H3,(H,23,25). The molecule has 5 nitrogen and oxygen atoms in total. The van der Waals surface area contributed by atoms with Crippen LogP contribution in [0.4, 0.5) is 0 Å². The Morgan fingerprint density at radius 2 is 1.96 bits per heavy atom. The largest absolute Gasteiger partial charge is 0.484 e. The first-order valence-electron chi connectivity index (χ1n) is 8.86. The average molecular weight is 349 g/mol. The summed E-state index contributed by atoms with van der Waals surface area (Å²) in [6, 6.07) is 17.6. The molecule has 2 aromatic rings. The smallest absolute Gasteiger partial charge is 0.257 e. The predicted octanol–water partition coefficient (Wildman–Crippen LogP) is 2.50. The van der Waals surface area contributed by atoms with Gasteiger partial charge >= 0.3 is 0 Å². The molecule has 134 valence electrons. The second-order valence-electron chi connectivity index (χ2n) is 6.57. The maximum atomic E-state index is 12.0. The predicted molar refractivity (Wildman–Crippen MR) is 99.7 cm³/mol. The normalized spacial score (nSPS) is 14.8. The van der Waals surface area contributed by atoms with Crippen LogP contribution in [0, 0.1) is 11.3 Å². The van der Waals surface area contributed by atoms with E-state index >= 15 is 0 Å². The average Bonchev–Trinajstić information content (AvgIpc) is 2.70. The van der Waals surface area contributed by atoms with E-state index in [4.69, 9.17) is 10.00 Å². The number of nitrogens with one attached hydrogen (secondary N) is 1. The van der Waals surface area contributed by atoms with Gasteiger partial charge in [0.1, 0.15) is 5.75 Å². The molecular weight excluding hydrogens is 326 g/mol. The van der Waals surface area contributed by atoms with Crippen molar-refractivity contribution in [1.29, 1.82) is 5.26 Å². The molecule has 1 atom stereocenters. The minimum Gasteiger partial charge on any atom is -0.484 e. The number of nitrogens with zero attached hydrogens (tertiary/aromatic N) is 2. The van der Waals surface area contributed by atoms with Gasteiger partial charge in [-0.25, -0.2) is 0 Å². The van der Waals surface area contributed by atoms with Crippen LogP contribution >= 0.6 is 0 Å². The summed E-state index contributed by atoms with van der Waals surface area (Å²) in [5, 5.41) is 11.7. The highest BCUT2D eigenvalue weighted by Crippen LogP contribution is 2.20. The summed E-state index contributed by atoms with van der Waals surface area (Å²) in [6.45, 7) is 4.64. The molecule has 3 rings (SSSR count). The number of fused-ring (bicyclic) bond motifs is 1. The van der Waals surface area contributed by atoms with Gasteiger partial charge in [0, 0.05) is 25.7 Å². The van der Waals surface area contributed by atoms with Crippen molar-refractivity contribution in [2.24, 2.45) is 0 Å². The molecule has 1 aliphatic rings. The van der Waals surface area contributed by atoms with Gasteiger partial charge in [-0.15, -0.1) is 0 Å². The number of amides is 1. The molecule has 1 unspecified atom stereocenters. The number of ether oxygens (including phenoxy) is 1. The highest BCUT2D eigenvalue weighted by atomic mass is 16.5. The lowest BCUT2D eigenvalue weighted by Gasteiger charge is -2.33. The van der Waals surface area contributed by atoms with Crippen molar-refractivity contribution in [3.63, 3.8) is 0 Å². The summed E-state index contributed by atoms with van der Waals surface area (Å²) in [6.07, 6.45) is 1.05. The number of carbonyl (C=O) groups excluding carboxylic acids is 1. The van der Waals surface area contributed by atoms with E-state index < -0.39 is 0 Å². The van der Waals surface area contributed by atoms with Crippen molar-refractivity contribution >= 4 is 5.91 Å². The van der Waals surface area contributed by atoms with Crippen LogP contribution < -0.4 is 10.1 Å². The molecule has 0 aromatic heterocycles. The van der Waals surface area contributed by atoms with Crippen molar-refractivity contribution < 1.29 is 9.53 Å². The van der Waals surface area contributed by atoms with Crippen molar-refractivity contribution in [3.05, 3.63) is 65.2 Å². The molecule has 0 aliphatic carbocycles. The summed E-state index contributed by atoms with van der Waals surface area (Å²) in [5.74, 6) is 0.443. The van der Waals surface area contributed by atoms with Gasteiger partial charge in [-0.05, 0) is 48.7 Å². The van der Waals surface area contributed by atoms with E-state index in [9.17, 15) is 4.79 Å². The van der Waals surface area contributed by atoms with Crippen LogP contribution in [0.25, 0.3) is 0 Å². The summed E-state index contributed by atoms with van der Waals surface area (Å²) >= 11 is 0. The van der Waals surface area contributed by atoms with Crippen molar-refractivity contribution in [2.75, 3.05) is 19.7 Å². The third-order valence-electron chi connectivity index (χ3n) is 4.73. The highest BCUT2D eigenvalue weighted by molar-refractivity contribution is 5.77. The molecule has 0 radical (unpaired) electrons. The molecule has 1 heterocycles. The summed E-state index contributed by atoms with van der Waals surface area (Å²) in [5.41, 5.74) is 3.37. The van der Waals surface area contributed by atoms with Crippen LogP contribution in [0.15, 0.2) is 48.5 Å². The number of hydrogen-bond acceptors (Lipinski definition) is 4. The van der Waals surface area contributed by atoms with E-state index in [1.165, 1.54) is 11.1 Å². The molecule has 0 saturated heterocycles. The number of benzene rings is 2. The van der Waals surface area contributed by atoms with Crippen LogP contribution in [0.5, 0.6) is 5.75 Å². The lowest BCUT2D eigenvalue weighted by Crippen LogP contribution is -2.45. The van der Waals surface area contributed by atoms with Gasteiger partial charge in [0.2, 0.25) is 0 Å². The van der Waals surface area contributed by atoms with Gasteiger partial charge in [0.05, 0.1) is 11.6 Å². The van der Waals surface area contributed by atoms with Crippen LogP contribution in [0.2, 0.25) is 0 Å². The number of rotatable bonds is 6. The third kappa shape index (κ3) is 4.62. The molecule has 1 aliphatic heterocycles. The minimum atomic E-state index is -0.140. The fourth-order valence-electron chi connectivity index (χ4n) is 3.11. The van der Waals surface area contributed by atoms with E-state index in [0.29, 0.717) is 17.9 Å². The fraction of sp³-hybridized carbons (Fsp3) is 0.333. The molecule has 0 saturated carbocycles. The first-order chi connectivity index (χ1) is 12.7. The van der Waals surface area contributed by atoms with Crippen LogP contribution in [0.1, 0.15) is 23.6 Å². The SMILES string of the molecule is CC(CNC(=O)COc1ccc(C#N)cc1)N1CCc2ccccc2C1. The zero-order valence-corrected chi connectivity index (χ0v) is 14.9. The van der Waals surface area contributed by atoms with Gasteiger partial charge in [-0.2, -0.15) is 5.26 Å². The van der Waals surface area contributed by atoms with E-state index in [0.717, 1.165) is 19.5 Å². The van der Waals surface area contributed by atoms with Gasteiger partial charge in [0.15, 0.2) is 6.61 Å². The minimum absolute atomic E-state index is 0.0263. The van der Waals surface area contributed by atoms with Gasteiger partial charge in [0.25, 0.3) is 5.91 Å². The Kier molecular flexibility index (Phi) is 5.88.